The molecule has 0 aromatic carbocycles. The van der Waals surface area contributed by atoms with E-state index in [-0.39, 0.29) is 4.66 Å². The minimum Gasteiger partial charge on any atom is -0.214 e. The van der Waals surface area contributed by atoms with Crippen molar-refractivity contribution in [1.82, 2.24) is 4.72 Å². The maximum Gasteiger partial charge on any atom is 0.221 e. The second-order valence-electron chi connectivity index (χ2n) is 1.93. The fraction of sp³-hybridized carbons (Fsp3) is 0.667. The number of terminal acetylenes is 1. The summed E-state index contributed by atoms with van der Waals surface area (Å²) in [6, 6.07) is 0. The minimum atomic E-state index is -3.10. The molecule has 0 rings (SSSR count). The van der Waals surface area contributed by atoms with Crippen molar-refractivity contribution in [3.8, 4) is 12.3 Å². The van der Waals surface area contributed by atoms with Crippen LogP contribution in [0.3, 0.4) is 0 Å². The van der Waals surface area contributed by atoms with E-state index in [0.29, 0.717) is 19.4 Å². The van der Waals surface area contributed by atoms with Crippen molar-refractivity contribution in [1.29, 1.82) is 0 Å². The maximum absolute atomic E-state index is 10.8. The lowest BCUT2D eigenvalue weighted by Gasteiger charge is -2.00. The predicted molar refractivity (Wildman–Crippen MR) is 48.8 cm³/mol. The first-order valence-corrected chi connectivity index (χ1v) is 5.86. The van der Waals surface area contributed by atoms with Crippen molar-refractivity contribution >= 4 is 26.0 Å². The molecule has 0 spiro atoms. The van der Waals surface area contributed by atoms with Gasteiger partial charge in [0.25, 0.3) is 0 Å². The van der Waals surface area contributed by atoms with E-state index in [4.69, 9.17) is 6.42 Å². The summed E-state index contributed by atoms with van der Waals surface area (Å²) >= 11 is 2.85. The van der Waals surface area contributed by atoms with Crippen LogP contribution in [0.5, 0.6) is 0 Å². The molecule has 0 radical (unpaired) electrons. The zero-order valence-corrected chi connectivity index (χ0v) is 8.41. The Bertz CT molecular complexity index is 229. The van der Waals surface area contributed by atoms with Crippen LogP contribution >= 0.6 is 15.9 Å². The van der Waals surface area contributed by atoms with Crippen LogP contribution in [0.4, 0.5) is 0 Å². The molecule has 3 nitrogen and oxygen atoms in total. The maximum atomic E-state index is 10.8. The molecule has 0 aliphatic carbocycles. The van der Waals surface area contributed by atoms with E-state index < -0.39 is 10.0 Å². The highest BCUT2D eigenvalue weighted by Crippen LogP contribution is 1.91. The lowest BCUT2D eigenvalue weighted by molar-refractivity contribution is 0.585. The average Bonchev–Trinajstić information content (AvgIpc) is 1.99. The highest BCUT2D eigenvalue weighted by molar-refractivity contribution is 9.10. The molecule has 0 aromatic heterocycles. The summed E-state index contributed by atoms with van der Waals surface area (Å²) in [4.78, 5) is 0. The molecule has 0 aliphatic heterocycles. The fourth-order valence-electron chi connectivity index (χ4n) is 0.457. The molecule has 0 bridgehead atoms. The normalized spacial score (nSPS) is 10.9. The van der Waals surface area contributed by atoms with E-state index in [1.165, 1.54) is 0 Å². The van der Waals surface area contributed by atoms with E-state index in [2.05, 4.69) is 26.6 Å². The molecule has 0 saturated heterocycles. The van der Waals surface area contributed by atoms with Crippen molar-refractivity contribution < 1.29 is 8.42 Å². The van der Waals surface area contributed by atoms with Gasteiger partial charge in [0, 0.05) is 13.0 Å². The number of rotatable bonds is 5. The monoisotopic (exact) mass is 239 g/mol. The van der Waals surface area contributed by atoms with Crippen molar-refractivity contribution in [2.45, 2.75) is 12.8 Å². The Hall–Kier alpha value is -0.0500. The van der Waals surface area contributed by atoms with Crippen LogP contribution in [0.25, 0.3) is 0 Å². The third-order valence-corrected chi connectivity index (χ3v) is 3.70. The third kappa shape index (κ3) is 6.35. The Morgan fingerprint density at radius 1 is 1.55 bits per heavy atom. The molecule has 5 heteroatoms. The number of halogens is 1. The number of nitrogens with one attached hydrogen (secondary N) is 1. The van der Waals surface area contributed by atoms with Crippen LogP contribution in [0.15, 0.2) is 0 Å². The van der Waals surface area contributed by atoms with Gasteiger partial charge in [0.2, 0.25) is 10.0 Å². The molecular formula is C6H10BrNO2S. The molecule has 0 aromatic rings. The molecule has 0 aliphatic rings. The highest BCUT2D eigenvalue weighted by Gasteiger charge is 2.04. The Labute approximate surface area is 75.7 Å². The number of hydrogen-bond acceptors (Lipinski definition) is 2. The smallest absolute Gasteiger partial charge is 0.214 e. The SMILES string of the molecule is C#CCCCNS(=O)(=O)CBr. The summed E-state index contributed by atoms with van der Waals surface area (Å²) in [5.74, 6) is 2.43. The topological polar surface area (TPSA) is 46.2 Å². The number of unbranched alkanes of at least 4 members (excludes halogenated alkanes) is 1. The Kier molecular flexibility index (Phi) is 5.56. The van der Waals surface area contributed by atoms with Crippen LogP contribution in [-0.2, 0) is 10.0 Å². The van der Waals surface area contributed by atoms with E-state index in [9.17, 15) is 8.42 Å². The Morgan fingerprint density at radius 3 is 2.64 bits per heavy atom. The van der Waals surface area contributed by atoms with Gasteiger partial charge in [-0.25, -0.2) is 13.1 Å². The number of alkyl halides is 1. The summed E-state index contributed by atoms with van der Waals surface area (Å²) in [6.07, 6.45) is 6.26. The van der Waals surface area contributed by atoms with Gasteiger partial charge in [0.15, 0.2) is 0 Å². The van der Waals surface area contributed by atoms with Gasteiger partial charge in [-0.05, 0) is 6.42 Å². The number of hydrogen-bond donors (Lipinski definition) is 1. The van der Waals surface area contributed by atoms with Crippen LogP contribution in [-0.4, -0.2) is 19.6 Å². The molecule has 0 unspecified atom stereocenters. The zero-order valence-electron chi connectivity index (χ0n) is 6.01. The van der Waals surface area contributed by atoms with Gasteiger partial charge in [-0.1, -0.05) is 15.9 Å². The molecule has 1 N–H and O–H groups in total. The summed E-state index contributed by atoms with van der Waals surface area (Å²) in [5.41, 5.74) is 0. The standard InChI is InChI=1S/C6H10BrNO2S/c1-2-3-4-5-8-11(9,10)6-7/h1,8H,3-6H2. The summed E-state index contributed by atoms with van der Waals surface area (Å²) in [6.45, 7) is 0.415. The predicted octanol–water partition coefficient (Wildman–Crippen LogP) is 0.672. The lowest BCUT2D eigenvalue weighted by Crippen LogP contribution is -2.25. The van der Waals surface area contributed by atoms with Crippen molar-refractivity contribution in [3.63, 3.8) is 0 Å². The molecular weight excluding hydrogens is 230 g/mol. The fourth-order valence-corrected chi connectivity index (χ4v) is 1.47. The molecule has 64 valence electrons. The largest absolute Gasteiger partial charge is 0.221 e. The van der Waals surface area contributed by atoms with Gasteiger partial charge in [-0.2, -0.15) is 0 Å². The minimum absolute atomic E-state index is 0.0595. The van der Waals surface area contributed by atoms with E-state index in [1.807, 2.05) is 0 Å². The highest BCUT2D eigenvalue weighted by atomic mass is 79.9. The van der Waals surface area contributed by atoms with E-state index in [1.54, 1.807) is 0 Å². The number of sulfonamides is 1. The van der Waals surface area contributed by atoms with Gasteiger partial charge < -0.3 is 0 Å². The molecule has 0 amide bonds. The quantitative estimate of drug-likeness (QED) is 0.436. The Balaban J connectivity index is 3.49. The molecule has 0 heterocycles. The summed E-state index contributed by atoms with van der Waals surface area (Å²) < 4.78 is 23.8. The van der Waals surface area contributed by atoms with Crippen LogP contribution in [0.2, 0.25) is 0 Å². The first-order valence-electron chi connectivity index (χ1n) is 3.09. The second kappa shape index (κ2) is 5.58. The molecule has 0 saturated carbocycles. The molecule has 0 atom stereocenters. The van der Waals surface area contributed by atoms with Gasteiger partial charge in [-0.3, -0.25) is 0 Å². The Morgan fingerprint density at radius 2 is 2.18 bits per heavy atom. The lowest BCUT2D eigenvalue weighted by atomic mass is 10.3. The van der Waals surface area contributed by atoms with Crippen molar-refractivity contribution in [3.05, 3.63) is 0 Å². The van der Waals surface area contributed by atoms with Crippen LogP contribution in [0.1, 0.15) is 12.8 Å². The van der Waals surface area contributed by atoms with Gasteiger partial charge in [0.05, 0.1) is 0 Å². The second-order valence-corrected chi connectivity index (χ2v) is 5.04. The first-order chi connectivity index (χ1) is 5.12. The van der Waals surface area contributed by atoms with Crippen molar-refractivity contribution in [2.24, 2.45) is 0 Å². The molecule has 11 heavy (non-hydrogen) atoms. The van der Waals surface area contributed by atoms with Crippen LogP contribution < -0.4 is 4.72 Å². The van der Waals surface area contributed by atoms with E-state index in [0.717, 1.165) is 0 Å². The van der Waals surface area contributed by atoms with Gasteiger partial charge in [-0.15, -0.1) is 12.3 Å². The van der Waals surface area contributed by atoms with E-state index >= 15 is 0 Å². The van der Waals surface area contributed by atoms with Crippen LogP contribution in [0, 0.1) is 12.3 Å². The zero-order chi connectivity index (χ0) is 8.74. The van der Waals surface area contributed by atoms with Crippen molar-refractivity contribution in [2.75, 3.05) is 11.2 Å². The van der Waals surface area contributed by atoms with Gasteiger partial charge in [0.1, 0.15) is 4.66 Å². The van der Waals surface area contributed by atoms with Gasteiger partial charge >= 0.3 is 0 Å². The first kappa shape index (κ1) is 11.0. The summed E-state index contributed by atoms with van der Waals surface area (Å²) in [7, 11) is -3.10. The molecule has 0 fully saturated rings. The third-order valence-electron chi connectivity index (χ3n) is 0.964. The average molecular weight is 240 g/mol. The summed E-state index contributed by atoms with van der Waals surface area (Å²) in [5, 5.41) is 0.